The molecule has 0 radical (unpaired) electrons. The number of carboxylic acid groups (broad SMARTS) is 1. The van der Waals surface area contributed by atoms with Crippen LogP contribution in [0.15, 0.2) is 12.1 Å². The SMILES string of the molecule is O=C(O)C1CCCN(c2ccc(C(F)(F)F)nn2)C1. The summed E-state index contributed by atoms with van der Waals surface area (Å²) in [5.74, 6) is -1.14. The van der Waals surface area contributed by atoms with Crippen molar-refractivity contribution in [3.05, 3.63) is 17.8 Å². The maximum atomic E-state index is 12.3. The van der Waals surface area contributed by atoms with Crippen LogP contribution in [0.1, 0.15) is 18.5 Å². The van der Waals surface area contributed by atoms with Crippen LogP contribution in [0, 0.1) is 5.92 Å². The van der Waals surface area contributed by atoms with E-state index >= 15 is 0 Å². The van der Waals surface area contributed by atoms with Crippen LogP contribution in [0.25, 0.3) is 0 Å². The molecule has 8 heteroatoms. The van der Waals surface area contributed by atoms with Gasteiger partial charge in [-0.2, -0.15) is 13.2 Å². The molecule has 0 aromatic carbocycles. The van der Waals surface area contributed by atoms with E-state index in [0.717, 1.165) is 6.07 Å². The molecule has 1 fully saturated rings. The Morgan fingerprint density at radius 1 is 1.37 bits per heavy atom. The van der Waals surface area contributed by atoms with E-state index in [9.17, 15) is 18.0 Å². The number of alkyl halides is 3. The molecule has 1 aromatic heterocycles. The molecule has 1 aliphatic heterocycles. The minimum absolute atomic E-state index is 0.245. The van der Waals surface area contributed by atoms with Crippen molar-refractivity contribution >= 4 is 11.8 Å². The number of nitrogens with zero attached hydrogens (tertiary/aromatic N) is 3. The Hall–Kier alpha value is -1.86. The monoisotopic (exact) mass is 275 g/mol. The van der Waals surface area contributed by atoms with E-state index in [1.54, 1.807) is 4.90 Å². The summed E-state index contributed by atoms with van der Waals surface area (Å²) >= 11 is 0. The molecule has 2 heterocycles. The molecule has 2 rings (SSSR count). The zero-order valence-electron chi connectivity index (χ0n) is 9.89. The second kappa shape index (κ2) is 5.02. The molecule has 1 aromatic rings. The van der Waals surface area contributed by atoms with Crippen LogP contribution < -0.4 is 4.90 Å². The van der Waals surface area contributed by atoms with Crippen molar-refractivity contribution in [1.82, 2.24) is 10.2 Å². The molecular formula is C11H12F3N3O2. The third-order valence-electron chi connectivity index (χ3n) is 3.04. The summed E-state index contributed by atoms with van der Waals surface area (Å²) in [6, 6.07) is 2.08. The van der Waals surface area contributed by atoms with Gasteiger partial charge in [0.15, 0.2) is 11.5 Å². The first kappa shape index (κ1) is 13.6. The standard InChI is InChI=1S/C11H12F3N3O2/c12-11(13,14)8-3-4-9(16-15-8)17-5-1-2-7(6-17)10(18)19/h3-4,7H,1-2,5-6H2,(H,18,19). The molecule has 104 valence electrons. The summed E-state index contributed by atoms with van der Waals surface area (Å²) in [6.45, 7) is 0.819. The largest absolute Gasteiger partial charge is 0.481 e. The van der Waals surface area contributed by atoms with Crippen LogP contribution in [0.4, 0.5) is 19.0 Å². The molecule has 5 nitrogen and oxygen atoms in total. The molecule has 0 bridgehead atoms. The van der Waals surface area contributed by atoms with Gasteiger partial charge in [0.05, 0.1) is 5.92 Å². The summed E-state index contributed by atoms with van der Waals surface area (Å²) < 4.78 is 37.0. The Bertz CT molecular complexity index is 461. The fourth-order valence-electron chi connectivity index (χ4n) is 2.03. The van der Waals surface area contributed by atoms with Gasteiger partial charge in [0.25, 0.3) is 0 Å². The van der Waals surface area contributed by atoms with E-state index in [1.807, 2.05) is 0 Å². The molecule has 1 N–H and O–H groups in total. The van der Waals surface area contributed by atoms with Crippen molar-refractivity contribution in [1.29, 1.82) is 0 Å². The Kier molecular flexibility index (Phi) is 3.59. The van der Waals surface area contributed by atoms with Gasteiger partial charge < -0.3 is 10.0 Å². The number of piperidine rings is 1. The van der Waals surface area contributed by atoms with Gasteiger partial charge in [-0.3, -0.25) is 4.79 Å². The van der Waals surface area contributed by atoms with Crippen LogP contribution in [-0.4, -0.2) is 34.4 Å². The maximum Gasteiger partial charge on any atom is 0.435 e. The highest BCUT2D eigenvalue weighted by atomic mass is 19.4. The quantitative estimate of drug-likeness (QED) is 0.891. The number of carbonyl (C=O) groups is 1. The minimum Gasteiger partial charge on any atom is -0.481 e. The van der Waals surface area contributed by atoms with Crippen molar-refractivity contribution in [3.8, 4) is 0 Å². The van der Waals surface area contributed by atoms with Gasteiger partial charge >= 0.3 is 12.1 Å². The third-order valence-corrected chi connectivity index (χ3v) is 3.04. The maximum absolute atomic E-state index is 12.3. The molecule has 1 aliphatic rings. The molecule has 0 spiro atoms. The van der Waals surface area contributed by atoms with E-state index in [-0.39, 0.29) is 12.4 Å². The lowest BCUT2D eigenvalue weighted by molar-refractivity contribution is -0.142. The zero-order chi connectivity index (χ0) is 14.0. The summed E-state index contributed by atoms with van der Waals surface area (Å²) in [6.07, 6.45) is -3.28. The molecule has 19 heavy (non-hydrogen) atoms. The number of aromatic nitrogens is 2. The van der Waals surface area contributed by atoms with Crippen LogP contribution in [0.2, 0.25) is 0 Å². The molecular weight excluding hydrogens is 263 g/mol. The van der Waals surface area contributed by atoms with Gasteiger partial charge in [-0.1, -0.05) is 0 Å². The van der Waals surface area contributed by atoms with E-state index in [4.69, 9.17) is 5.11 Å². The van der Waals surface area contributed by atoms with Gasteiger partial charge in [0.2, 0.25) is 0 Å². The highest BCUT2D eigenvalue weighted by Gasteiger charge is 2.33. The van der Waals surface area contributed by atoms with Gasteiger partial charge in [-0.25, -0.2) is 0 Å². The first-order valence-electron chi connectivity index (χ1n) is 5.76. The van der Waals surface area contributed by atoms with Crippen LogP contribution in [-0.2, 0) is 11.0 Å². The lowest BCUT2D eigenvalue weighted by Gasteiger charge is -2.31. The van der Waals surface area contributed by atoms with Gasteiger partial charge in [0.1, 0.15) is 0 Å². The predicted molar refractivity (Wildman–Crippen MR) is 59.6 cm³/mol. The average Bonchev–Trinajstić information content (AvgIpc) is 2.38. The predicted octanol–water partition coefficient (Wildman–Crippen LogP) is 1.80. The lowest BCUT2D eigenvalue weighted by atomic mass is 9.98. The minimum atomic E-state index is -4.52. The van der Waals surface area contributed by atoms with Gasteiger partial charge in [-0.05, 0) is 25.0 Å². The Labute approximate surface area is 107 Å². The average molecular weight is 275 g/mol. The van der Waals surface area contributed by atoms with Crippen molar-refractivity contribution in [3.63, 3.8) is 0 Å². The van der Waals surface area contributed by atoms with Crippen molar-refractivity contribution in [2.45, 2.75) is 19.0 Å². The molecule has 1 unspecified atom stereocenters. The number of hydrogen-bond acceptors (Lipinski definition) is 4. The first-order valence-corrected chi connectivity index (χ1v) is 5.76. The summed E-state index contributed by atoms with van der Waals surface area (Å²) in [7, 11) is 0. The van der Waals surface area contributed by atoms with Crippen molar-refractivity contribution < 1.29 is 23.1 Å². The topological polar surface area (TPSA) is 66.3 Å². The number of rotatable bonds is 2. The number of halogens is 3. The van der Waals surface area contributed by atoms with E-state index in [2.05, 4.69) is 10.2 Å². The van der Waals surface area contributed by atoms with Gasteiger partial charge in [0, 0.05) is 13.1 Å². The van der Waals surface area contributed by atoms with E-state index < -0.39 is 23.8 Å². The number of hydrogen-bond donors (Lipinski definition) is 1. The smallest absolute Gasteiger partial charge is 0.435 e. The van der Waals surface area contributed by atoms with Crippen molar-refractivity contribution in [2.24, 2.45) is 5.92 Å². The number of aliphatic carboxylic acids is 1. The Morgan fingerprint density at radius 3 is 2.63 bits per heavy atom. The van der Waals surface area contributed by atoms with Crippen LogP contribution in [0.3, 0.4) is 0 Å². The first-order chi connectivity index (χ1) is 8.88. The lowest BCUT2D eigenvalue weighted by Crippen LogP contribution is -2.39. The highest BCUT2D eigenvalue weighted by Crippen LogP contribution is 2.28. The summed E-state index contributed by atoms with van der Waals surface area (Å²) in [5.41, 5.74) is -1.05. The Morgan fingerprint density at radius 2 is 2.11 bits per heavy atom. The van der Waals surface area contributed by atoms with Crippen molar-refractivity contribution in [2.75, 3.05) is 18.0 Å². The number of carboxylic acids is 1. The second-order valence-corrected chi connectivity index (χ2v) is 4.40. The molecule has 0 amide bonds. The van der Waals surface area contributed by atoms with E-state index in [1.165, 1.54) is 6.07 Å². The second-order valence-electron chi connectivity index (χ2n) is 4.40. The molecule has 0 saturated carbocycles. The number of anilines is 1. The third kappa shape index (κ3) is 3.12. The fraction of sp³-hybridized carbons (Fsp3) is 0.545. The molecule has 0 aliphatic carbocycles. The highest BCUT2D eigenvalue weighted by molar-refractivity contribution is 5.71. The summed E-state index contributed by atoms with van der Waals surface area (Å²) in [4.78, 5) is 12.6. The molecule has 1 saturated heterocycles. The van der Waals surface area contributed by atoms with Gasteiger partial charge in [-0.15, -0.1) is 10.2 Å². The molecule has 1 atom stereocenters. The zero-order valence-corrected chi connectivity index (χ0v) is 9.89. The Balaban J connectivity index is 2.12. The van der Waals surface area contributed by atoms with E-state index in [0.29, 0.717) is 19.4 Å². The summed E-state index contributed by atoms with van der Waals surface area (Å²) in [5, 5.41) is 15.6. The van der Waals surface area contributed by atoms with Crippen LogP contribution >= 0.6 is 0 Å². The normalized spacial score (nSPS) is 20.4. The fourth-order valence-corrected chi connectivity index (χ4v) is 2.03. The van der Waals surface area contributed by atoms with Crippen LogP contribution in [0.5, 0.6) is 0 Å².